The SMILES string of the molecule is O=C(O)CCCc1ccc2c(c1)CCCNC2. The average molecular weight is 233 g/mol. The van der Waals surface area contributed by atoms with Crippen molar-refractivity contribution in [3.63, 3.8) is 0 Å². The van der Waals surface area contributed by atoms with Crippen molar-refractivity contribution < 1.29 is 9.90 Å². The third-order valence-electron chi connectivity index (χ3n) is 3.24. The molecule has 17 heavy (non-hydrogen) atoms. The van der Waals surface area contributed by atoms with Gasteiger partial charge in [0.1, 0.15) is 0 Å². The van der Waals surface area contributed by atoms with E-state index in [0.29, 0.717) is 0 Å². The van der Waals surface area contributed by atoms with Gasteiger partial charge in [-0.2, -0.15) is 0 Å². The van der Waals surface area contributed by atoms with E-state index in [1.807, 2.05) is 0 Å². The molecule has 3 nitrogen and oxygen atoms in total. The normalized spacial score (nSPS) is 15.1. The summed E-state index contributed by atoms with van der Waals surface area (Å²) >= 11 is 0. The lowest BCUT2D eigenvalue weighted by Crippen LogP contribution is -2.11. The lowest BCUT2D eigenvalue weighted by molar-refractivity contribution is -0.137. The van der Waals surface area contributed by atoms with Crippen LogP contribution in [0.5, 0.6) is 0 Å². The van der Waals surface area contributed by atoms with Gasteiger partial charge in [-0.3, -0.25) is 4.79 Å². The van der Waals surface area contributed by atoms with Crippen LogP contribution in [0.15, 0.2) is 18.2 Å². The molecule has 0 radical (unpaired) electrons. The van der Waals surface area contributed by atoms with Gasteiger partial charge in [0, 0.05) is 13.0 Å². The Morgan fingerprint density at radius 1 is 1.35 bits per heavy atom. The number of aliphatic carboxylic acids is 1. The topological polar surface area (TPSA) is 49.3 Å². The summed E-state index contributed by atoms with van der Waals surface area (Å²) in [5, 5.41) is 12.0. The molecule has 92 valence electrons. The molecule has 1 aromatic carbocycles. The Bertz CT molecular complexity index is 401. The fourth-order valence-corrected chi connectivity index (χ4v) is 2.31. The van der Waals surface area contributed by atoms with Crippen molar-refractivity contribution in [3.05, 3.63) is 34.9 Å². The fourth-order valence-electron chi connectivity index (χ4n) is 2.31. The van der Waals surface area contributed by atoms with Gasteiger partial charge in [0.05, 0.1) is 0 Å². The van der Waals surface area contributed by atoms with Crippen LogP contribution in [0.3, 0.4) is 0 Å². The molecule has 1 heterocycles. The van der Waals surface area contributed by atoms with E-state index in [0.717, 1.165) is 32.4 Å². The maximum absolute atomic E-state index is 10.5. The Balaban J connectivity index is 1.99. The first-order chi connectivity index (χ1) is 8.25. The molecule has 0 saturated carbocycles. The van der Waals surface area contributed by atoms with Gasteiger partial charge in [0.15, 0.2) is 0 Å². The van der Waals surface area contributed by atoms with E-state index in [-0.39, 0.29) is 6.42 Å². The van der Waals surface area contributed by atoms with Crippen molar-refractivity contribution in [1.82, 2.24) is 5.32 Å². The van der Waals surface area contributed by atoms with E-state index >= 15 is 0 Å². The minimum Gasteiger partial charge on any atom is -0.481 e. The van der Waals surface area contributed by atoms with E-state index in [4.69, 9.17) is 5.11 Å². The molecular formula is C14H19NO2. The summed E-state index contributed by atoms with van der Waals surface area (Å²) in [6, 6.07) is 6.57. The van der Waals surface area contributed by atoms with Gasteiger partial charge in [0.2, 0.25) is 0 Å². The number of rotatable bonds is 4. The Morgan fingerprint density at radius 3 is 3.06 bits per heavy atom. The zero-order valence-electron chi connectivity index (χ0n) is 10.0. The fraction of sp³-hybridized carbons (Fsp3) is 0.500. The molecule has 0 amide bonds. The van der Waals surface area contributed by atoms with Crippen molar-refractivity contribution in [2.24, 2.45) is 0 Å². The molecule has 2 N–H and O–H groups in total. The second-order valence-electron chi connectivity index (χ2n) is 4.63. The second-order valence-corrected chi connectivity index (χ2v) is 4.63. The van der Waals surface area contributed by atoms with Crippen LogP contribution in [-0.4, -0.2) is 17.6 Å². The highest BCUT2D eigenvalue weighted by Crippen LogP contribution is 2.17. The number of carboxylic acid groups (broad SMARTS) is 1. The van der Waals surface area contributed by atoms with Crippen molar-refractivity contribution >= 4 is 5.97 Å². The molecule has 3 heteroatoms. The summed E-state index contributed by atoms with van der Waals surface area (Å²) in [6.45, 7) is 2.05. The predicted molar refractivity (Wildman–Crippen MR) is 67.0 cm³/mol. The molecular weight excluding hydrogens is 214 g/mol. The molecule has 0 atom stereocenters. The Hall–Kier alpha value is -1.35. The van der Waals surface area contributed by atoms with Crippen LogP contribution in [-0.2, 0) is 24.2 Å². The molecule has 0 spiro atoms. The molecule has 1 aliphatic rings. The molecule has 0 bridgehead atoms. The summed E-state index contributed by atoms with van der Waals surface area (Å²) in [4.78, 5) is 10.5. The van der Waals surface area contributed by atoms with Crippen LogP contribution in [0, 0.1) is 0 Å². The highest BCUT2D eigenvalue weighted by Gasteiger charge is 2.08. The van der Waals surface area contributed by atoms with Crippen molar-refractivity contribution in [2.75, 3.05) is 6.54 Å². The average Bonchev–Trinajstić information content (AvgIpc) is 2.53. The van der Waals surface area contributed by atoms with Gasteiger partial charge in [0.25, 0.3) is 0 Å². The third-order valence-corrected chi connectivity index (χ3v) is 3.24. The summed E-state index contributed by atoms with van der Waals surface area (Å²) < 4.78 is 0. The van der Waals surface area contributed by atoms with Crippen LogP contribution >= 0.6 is 0 Å². The molecule has 0 unspecified atom stereocenters. The highest BCUT2D eigenvalue weighted by molar-refractivity contribution is 5.66. The lowest BCUT2D eigenvalue weighted by atomic mass is 9.98. The Labute approximate surface area is 102 Å². The summed E-state index contributed by atoms with van der Waals surface area (Å²) in [6.07, 6.45) is 4.18. The molecule has 1 aliphatic heterocycles. The zero-order chi connectivity index (χ0) is 12.1. The van der Waals surface area contributed by atoms with Crippen LogP contribution in [0.4, 0.5) is 0 Å². The van der Waals surface area contributed by atoms with Crippen molar-refractivity contribution in [1.29, 1.82) is 0 Å². The molecule has 0 aromatic heterocycles. The first kappa shape index (κ1) is 12.1. The third kappa shape index (κ3) is 3.56. The number of carbonyl (C=O) groups is 1. The molecule has 2 rings (SSSR count). The maximum atomic E-state index is 10.5. The quantitative estimate of drug-likeness (QED) is 0.837. The summed E-state index contributed by atoms with van der Waals surface area (Å²) in [7, 11) is 0. The van der Waals surface area contributed by atoms with Crippen molar-refractivity contribution in [2.45, 2.75) is 38.6 Å². The van der Waals surface area contributed by atoms with Crippen LogP contribution in [0.25, 0.3) is 0 Å². The molecule has 0 saturated heterocycles. The number of hydrogen-bond acceptors (Lipinski definition) is 2. The first-order valence-corrected chi connectivity index (χ1v) is 6.29. The highest BCUT2D eigenvalue weighted by atomic mass is 16.4. The van der Waals surface area contributed by atoms with E-state index in [9.17, 15) is 4.79 Å². The second kappa shape index (κ2) is 5.82. The first-order valence-electron chi connectivity index (χ1n) is 6.29. The maximum Gasteiger partial charge on any atom is 0.303 e. The van der Waals surface area contributed by atoms with Gasteiger partial charge in [-0.15, -0.1) is 0 Å². The van der Waals surface area contributed by atoms with Crippen LogP contribution in [0.1, 0.15) is 36.0 Å². The molecule has 0 fully saturated rings. The number of fused-ring (bicyclic) bond motifs is 1. The number of nitrogens with one attached hydrogen (secondary N) is 1. The Kier molecular flexibility index (Phi) is 4.15. The standard InChI is InChI=1S/C14H19NO2/c16-14(17)5-1-3-11-6-7-13-10-15-8-2-4-12(13)9-11/h6-7,9,15H,1-5,8,10H2,(H,16,17). The number of carboxylic acids is 1. The van der Waals surface area contributed by atoms with Gasteiger partial charge >= 0.3 is 5.97 Å². The number of aryl methyl sites for hydroxylation is 2. The van der Waals surface area contributed by atoms with Gasteiger partial charge in [-0.05, 0) is 48.9 Å². The van der Waals surface area contributed by atoms with E-state index in [1.54, 1.807) is 0 Å². The summed E-state index contributed by atoms with van der Waals surface area (Å²) in [5.41, 5.74) is 4.10. The Morgan fingerprint density at radius 2 is 2.24 bits per heavy atom. The van der Waals surface area contributed by atoms with Crippen molar-refractivity contribution in [3.8, 4) is 0 Å². The summed E-state index contributed by atoms with van der Waals surface area (Å²) in [5.74, 6) is -0.705. The van der Waals surface area contributed by atoms with E-state index < -0.39 is 5.97 Å². The van der Waals surface area contributed by atoms with Gasteiger partial charge in [-0.25, -0.2) is 0 Å². The van der Waals surface area contributed by atoms with Gasteiger partial charge < -0.3 is 10.4 Å². The number of hydrogen-bond donors (Lipinski definition) is 2. The minimum atomic E-state index is -0.705. The van der Waals surface area contributed by atoms with Gasteiger partial charge in [-0.1, -0.05) is 18.2 Å². The van der Waals surface area contributed by atoms with E-state index in [2.05, 4.69) is 23.5 Å². The monoisotopic (exact) mass is 233 g/mol. The molecule has 1 aromatic rings. The van der Waals surface area contributed by atoms with E-state index in [1.165, 1.54) is 23.1 Å². The minimum absolute atomic E-state index is 0.263. The van der Waals surface area contributed by atoms with Crippen LogP contribution < -0.4 is 5.32 Å². The predicted octanol–water partition coefficient (Wildman–Crippen LogP) is 2.13. The zero-order valence-corrected chi connectivity index (χ0v) is 10.0. The van der Waals surface area contributed by atoms with Crippen LogP contribution in [0.2, 0.25) is 0 Å². The largest absolute Gasteiger partial charge is 0.481 e. The number of benzene rings is 1. The lowest BCUT2D eigenvalue weighted by Gasteiger charge is -2.08. The molecule has 0 aliphatic carbocycles. The smallest absolute Gasteiger partial charge is 0.303 e.